The molecule has 1 aromatic rings. The molecule has 0 spiro atoms. The molecule has 1 fully saturated rings. The summed E-state index contributed by atoms with van der Waals surface area (Å²) in [5.41, 5.74) is 2.63. The maximum absolute atomic E-state index is 9.27. The minimum atomic E-state index is 0.186. The number of hydrogen-bond acceptors (Lipinski definition) is 3. The molecule has 0 amide bonds. The van der Waals surface area contributed by atoms with Gasteiger partial charge in [-0.1, -0.05) is 26.0 Å². The summed E-state index contributed by atoms with van der Waals surface area (Å²) in [4.78, 5) is 2.38. The number of piperazine rings is 1. The van der Waals surface area contributed by atoms with Crippen LogP contribution >= 0.6 is 0 Å². The first-order chi connectivity index (χ1) is 8.61. The molecule has 18 heavy (non-hydrogen) atoms. The standard InChI is InChI=1S/C15H24N2O/c1-11(2)13-4-6-15(7-5-13)17-9-14(10-18)16-8-12(17)3/h4-7,11-12,14,16,18H,8-10H2,1-3H3. The van der Waals surface area contributed by atoms with Crippen molar-refractivity contribution in [1.29, 1.82) is 0 Å². The van der Waals surface area contributed by atoms with E-state index in [4.69, 9.17) is 0 Å². The Balaban J connectivity index is 2.13. The maximum Gasteiger partial charge on any atom is 0.0601 e. The van der Waals surface area contributed by atoms with Gasteiger partial charge in [0, 0.05) is 30.9 Å². The van der Waals surface area contributed by atoms with E-state index in [2.05, 4.69) is 55.3 Å². The zero-order valence-electron chi connectivity index (χ0n) is 11.6. The number of aliphatic hydroxyl groups excluding tert-OH is 1. The fourth-order valence-corrected chi connectivity index (χ4v) is 2.46. The molecule has 1 aliphatic heterocycles. The Kier molecular flexibility index (Phi) is 4.25. The van der Waals surface area contributed by atoms with Gasteiger partial charge < -0.3 is 15.3 Å². The van der Waals surface area contributed by atoms with E-state index in [1.54, 1.807) is 0 Å². The van der Waals surface area contributed by atoms with Crippen LogP contribution in [0.3, 0.4) is 0 Å². The van der Waals surface area contributed by atoms with Crippen LogP contribution in [-0.2, 0) is 0 Å². The van der Waals surface area contributed by atoms with Crippen molar-refractivity contribution in [3.63, 3.8) is 0 Å². The Bertz CT molecular complexity index is 375. The summed E-state index contributed by atoms with van der Waals surface area (Å²) in [6.07, 6.45) is 0. The number of aliphatic hydroxyl groups is 1. The highest BCUT2D eigenvalue weighted by Crippen LogP contribution is 2.23. The van der Waals surface area contributed by atoms with Gasteiger partial charge in [-0.25, -0.2) is 0 Å². The van der Waals surface area contributed by atoms with E-state index in [0.717, 1.165) is 13.1 Å². The summed E-state index contributed by atoms with van der Waals surface area (Å²) in [7, 11) is 0. The molecule has 0 aromatic heterocycles. The normalized spacial score (nSPS) is 24.6. The van der Waals surface area contributed by atoms with Gasteiger partial charge in [-0.3, -0.25) is 0 Å². The molecule has 2 unspecified atom stereocenters. The SMILES string of the molecule is CC(C)c1ccc(N2CC(CO)NCC2C)cc1. The van der Waals surface area contributed by atoms with E-state index in [1.165, 1.54) is 11.3 Å². The van der Waals surface area contributed by atoms with Gasteiger partial charge in [0.15, 0.2) is 0 Å². The third-order valence-electron chi connectivity index (χ3n) is 3.76. The topological polar surface area (TPSA) is 35.5 Å². The predicted molar refractivity (Wildman–Crippen MR) is 76.2 cm³/mol. The lowest BCUT2D eigenvalue weighted by Gasteiger charge is -2.40. The Hall–Kier alpha value is -1.06. The molecule has 0 aliphatic carbocycles. The molecular formula is C15H24N2O. The zero-order chi connectivity index (χ0) is 13.1. The third-order valence-corrected chi connectivity index (χ3v) is 3.76. The van der Waals surface area contributed by atoms with E-state index in [1.807, 2.05) is 0 Å². The summed E-state index contributed by atoms with van der Waals surface area (Å²) in [6, 6.07) is 9.48. The molecule has 1 aromatic carbocycles. The highest BCUT2D eigenvalue weighted by Gasteiger charge is 2.24. The average Bonchev–Trinajstić information content (AvgIpc) is 2.39. The lowest BCUT2D eigenvalue weighted by molar-refractivity contribution is 0.227. The van der Waals surface area contributed by atoms with Gasteiger partial charge in [0.05, 0.1) is 6.61 Å². The van der Waals surface area contributed by atoms with Gasteiger partial charge in [0.2, 0.25) is 0 Å². The molecule has 0 saturated carbocycles. The van der Waals surface area contributed by atoms with E-state index >= 15 is 0 Å². The first-order valence-corrected chi connectivity index (χ1v) is 6.82. The fourth-order valence-electron chi connectivity index (χ4n) is 2.46. The first kappa shape index (κ1) is 13.4. The second-order valence-corrected chi connectivity index (χ2v) is 5.54. The Morgan fingerprint density at radius 3 is 2.56 bits per heavy atom. The van der Waals surface area contributed by atoms with Crippen LogP contribution in [0.25, 0.3) is 0 Å². The van der Waals surface area contributed by atoms with Crippen molar-refractivity contribution in [2.45, 2.75) is 38.8 Å². The molecule has 0 bridgehead atoms. The van der Waals surface area contributed by atoms with Crippen LogP contribution in [0.2, 0.25) is 0 Å². The molecule has 1 heterocycles. The molecule has 100 valence electrons. The molecule has 3 nitrogen and oxygen atoms in total. The highest BCUT2D eigenvalue weighted by molar-refractivity contribution is 5.49. The van der Waals surface area contributed by atoms with E-state index in [9.17, 15) is 5.11 Å². The molecule has 3 heteroatoms. The molecule has 2 N–H and O–H groups in total. The van der Waals surface area contributed by atoms with Crippen LogP contribution in [0.15, 0.2) is 24.3 Å². The van der Waals surface area contributed by atoms with Gasteiger partial charge in [-0.15, -0.1) is 0 Å². The van der Waals surface area contributed by atoms with Crippen LogP contribution in [0, 0.1) is 0 Å². The van der Waals surface area contributed by atoms with Crippen molar-refractivity contribution in [2.24, 2.45) is 0 Å². The lowest BCUT2D eigenvalue weighted by atomic mass is 10.0. The summed E-state index contributed by atoms with van der Waals surface area (Å²) in [5.74, 6) is 0.574. The van der Waals surface area contributed by atoms with Crippen LogP contribution in [0.5, 0.6) is 0 Å². The van der Waals surface area contributed by atoms with E-state index in [-0.39, 0.29) is 12.6 Å². The summed E-state index contributed by atoms with van der Waals surface area (Å²) >= 11 is 0. The van der Waals surface area contributed by atoms with Gasteiger partial charge in [-0.2, -0.15) is 0 Å². The molecular weight excluding hydrogens is 224 g/mol. The third kappa shape index (κ3) is 2.85. The van der Waals surface area contributed by atoms with Crippen molar-refractivity contribution >= 4 is 5.69 Å². The minimum Gasteiger partial charge on any atom is -0.395 e. The second-order valence-electron chi connectivity index (χ2n) is 5.54. The minimum absolute atomic E-state index is 0.186. The van der Waals surface area contributed by atoms with E-state index in [0.29, 0.717) is 12.0 Å². The molecule has 1 saturated heterocycles. The second kappa shape index (κ2) is 5.72. The number of nitrogens with one attached hydrogen (secondary N) is 1. The van der Waals surface area contributed by atoms with Crippen LogP contribution in [-0.4, -0.2) is 36.9 Å². The number of nitrogens with zero attached hydrogens (tertiary/aromatic N) is 1. The monoisotopic (exact) mass is 248 g/mol. The van der Waals surface area contributed by atoms with Gasteiger partial charge in [0.1, 0.15) is 0 Å². The number of benzene rings is 1. The van der Waals surface area contributed by atoms with Crippen LogP contribution in [0.4, 0.5) is 5.69 Å². The average molecular weight is 248 g/mol. The quantitative estimate of drug-likeness (QED) is 0.858. The summed E-state index contributed by atoms with van der Waals surface area (Å²) in [5, 5.41) is 12.6. The highest BCUT2D eigenvalue weighted by atomic mass is 16.3. The van der Waals surface area contributed by atoms with Crippen LogP contribution < -0.4 is 10.2 Å². The first-order valence-electron chi connectivity index (χ1n) is 6.82. The van der Waals surface area contributed by atoms with Crippen molar-refractivity contribution < 1.29 is 5.11 Å². The number of rotatable bonds is 3. The maximum atomic E-state index is 9.27. The fraction of sp³-hybridized carbons (Fsp3) is 0.600. The Labute approximate surface area is 110 Å². The summed E-state index contributed by atoms with van der Waals surface area (Å²) < 4.78 is 0. The number of hydrogen-bond donors (Lipinski definition) is 2. The van der Waals surface area contributed by atoms with Crippen molar-refractivity contribution in [2.75, 3.05) is 24.6 Å². The molecule has 2 rings (SSSR count). The molecule has 1 aliphatic rings. The largest absolute Gasteiger partial charge is 0.395 e. The lowest BCUT2D eigenvalue weighted by Crippen LogP contribution is -2.56. The van der Waals surface area contributed by atoms with Crippen molar-refractivity contribution in [3.8, 4) is 0 Å². The van der Waals surface area contributed by atoms with Gasteiger partial charge in [0.25, 0.3) is 0 Å². The van der Waals surface area contributed by atoms with Crippen molar-refractivity contribution in [1.82, 2.24) is 5.32 Å². The van der Waals surface area contributed by atoms with Crippen LogP contribution in [0.1, 0.15) is 32.3 Å². The van der Waals surface area contributed by atoms with E-state index < -0.39 is 0 Å². The summed E-state index contributed by atoms with van der Waals surface area (Å²) in [6.45, 7) is 8.65. The smallest absolute Gasteiger partial charge is 0.0601 e. The molecule has 2 atom stereocenters. The van der Waals surface area contributed by atoms with Crippen molar-refractivity contribution in [3.05, 3.63) is 29.8 Å². The predicted octanol–water partition coefficient (Wildman–Crippen LogP) is 1.97. The van der Waals surface area contributed by atoms with Gasteiger partial charge >= 0.3 is 0 Å². The Morgan fingerprint density at radius 2 is 2.00 bits per heavy atom. The Morgan fingerprint density at radius 1 is 1.33 bits per heavy atom. The van der Waals surface area contributed by atoms with Gasteiger partial charge in [-0.05, 0) is 30.5 Å². The molecule has 0 radical (unpaired) electrons. The zero-order valence-corrected chi connectivity index (χ0v) is 11.6. The number of anilines is 1.